The molecule has 1 rings (SSSR count). The number of rotatable bonds is 15. The molecule has 1 fully saturated rings. The SMILES string of the molecule is COCCCCCCC=C[C@@H]1C(CC=CCCCC(=O)NC(C)C)[C@@H](O)C[C@H]1O. The molecule has 168 valence electrons. The molecular formula is C24H43NO4. The third-order valence-corrected chi connectivity index (χ3v) is 5.54. The van der Waals surface area contributed by atoms with Crippen LogP contribution in [-0.2, 0) is 9.53 Å². The first-order valence-electron chi connectivity index (χ1n) is 11.4. The molecule has 5 heteroatoms. The highest BCUT2D eigenvalue weighted by Gasteiger charge is 2.39. The number of nitrogens with one attached hydrogen (secondary N) is 1. The maximum absolute atomic E-state index is 11.6. The van der Waals surface area contributed by atoms with Gasteiger partial charge in [0.2, 0.25) is 5.91 Å². The number of ether oxygens (including phenoxy) is 1. The number of methoxy groups -OCH3 is 1. The minimum absolute atomic E-state index is 0.0277. The van der Waals surface area contributed by atoms with Crippen molar-refractivity contribution in [3.63, 3.8) is 0 Å². The average molecular weight is 410 g/mol. The smallest absolute Gasteiger partial charge is 0.220 e. The van der Waals surface area contributed by atoms with Gasteiger partial charge in [-0.1, -0.05) is 37.1 Å². The van der Waals surface area contributed by atoms with Crippen molar-refractivity contribution in [1.82, 2.24) is 5.32 Å². The zero-order valence-electron chi connectivity index (χ0n) is 18.7. The topological polar surface area (TPSA) is 78.8 Å². The van der Waals surface area contributed by atoms with Crippen LogP contribution in [0.4, 0.5) is 0 Å². The van der Waals surface area contributed by atoms with Crippen molar-refractivity contribution in [2.24, 2.45) is 11.8 Å². The average Bonchev–Trinajstić information content (AvgIpc) is 2.92. The summed E-state index contributed by atoms with van der Waals surface area (Å²) in [7, 11) is 1.74. The summed E-state index contributed by atoms with van der Waals surface area (Å²) < 4.78 is 5.06. The van der Waals surface area contributed by atoms with Crippen LogP contribution in [0.2, 0.25) is 0 Å². The van der Waals surface area contributed by atoms with E-state index in [0.29, 0.717) is 12.8 Å². The van der Waals surface area contributed by atoms with Gasteiger partial charge in [0, 0.05) is 38.5 Å². The number of amides is 1. The molecule has 1 saturated carbocycles. The fourth-order valence-corrected chi connectivity index (χ4v) is 3.97. The van der Waals surface area contributed by atoms with E-state index in [1.807, 2.05) is 13.8 Å². The van der Waals surface area contributed by atoms with Crippen molar-refractivity contribution < 1.29 is 19.7 Å². The van der Waals surface area contributed by atoms with E-state index in [1.54, 1.807) is 7.11 Å². The lowest BCUT2D eigenvalue weighted by Gasteiger charge is -2.19. The fourth-order valence-electron chi connectivity index (χ4n) is 3.97. The molecule has 1 amide bonds. The van der Waals surface area contributed by atoms with Gasteiger partial charge in [-0.05, 0) is 58.3 Å². The molecule has 5 nitrogen and oxygen atoms in total. The molecule has 0 aromatic rings. The van der Waals surface area contributed by atoms with Crippen LogP contribution in [0.15, 0.2) is 24.3 Å². The molecule has 1 aliphatic rings. The van der Waals surface area contributed by atoms with Crippen molar-refractivity contribution >= 4 is 5.91 Å². The third-order valence-electron chi connectivity index (χ3n) is 5.54. The first-order valence-corrected chi connectivity index (χ1v) is 11.4. The van der Waals surface area contributed by atoms with Crippen LogP contribution in [0.25, 0.3) is 0 Å². The number of carbonyl (C=O) groups is 1. The highest BCUT2D eigenvalue weighted by molar-refractivity contribution is 5.76. The number of aliphatic hydroxyl groups is 2. The minimum atomic E-state index is -0.457. The van der Waals surface area contributed by atoms with Gasteiger partial charge in [0.25, 0.3) is 0 Å². The molecule has 29 heavy (non-hydrogen) atoms. The summed E-state index contributed by atoms with van der Waals surface area (Å²) in [5.74, 6) is 0.204. The molecule has 0 heterocycles. The van der Waals surface area contributed by atoms with E-state index >= 15 is 0 Å². The van der Waals surface area contributed by atoms with Gasteiger partial charge < -0.3 is 20.3 Å². The van der Waals surface area contributed by atoms with Crippen LogP contribution in [0.3, 0.4) is 0 Å². The van der Waals surface area contributed by atoms with Gasteiger partial charge in [-0.3, -0.25) is 4.79 Å². The lowest BCUT2D eigenvalue weighted by molar-refractivity contribution is -0.121. The first-order chi connectivity index (χ1) is 14.0. The standard InChI is InChI=1S/C24H43NO4/c1-19(2)25-24(28)16-12-8-7-11-15-21-20(22(26)18-23(21)27)14-10-6-4-5-9-13-17-29-3/h7,10-11,14,19-23,26-27H,4-6,8-9,12-13,15-18H2,1-3H3,(H,25,28)/t20-,21?,22-,23+/m1/s1. The molecule has 1 aliphatic carbocycles. The predicted octanol–water partition coefficient (Wildman–Crippen LogP) is 4.14. The minimum Gasteiger partial charge on any atom is -0.393 e. The highest BCUT2D eigenvalue weighted by atomic mass is 16.5. The number of aliphatic hydroxyl groups excluding tert-OH is 2. The number of unbranched alkanes of at least 4 members (excludes halogenated alkanes) is 5. The number of hydrogen-bond donors (Lipinski definition) is 3. The normalized spacial score (nSPS) is 24.9. The Morgan fingerprint density at radius 1 is 1.03 bits per heavy atom. The second-order valence-corrected chi connectivity index (χ2v) is 8.56. The Kier molecular flexibility index (Phi) is 14.0. The Morgan fingerprint density at radius 3 is 2.48 bits per heavy atom. The van der Waals surface area contributed by atoms with Crippen LogP contribution in [0, 0.1) is 11.8 Å². The van der Waals surface area contributed by atoms with Crippen molar-refractivity contribution in [3.8, 4) is 0 Å². The summed E-state index contributed by atoms with van der Waals surface area (Å²) in [5.41, 5.74) is 0. The van der Waals surface area contributed by atoms with Crippen molar-refractivity contribution in [2.75, 3.05) is 13.7 Å². The van der Waals surface area contributed by atoms with Crippen molar-refractivity contribution in [2.45, 2.75) is 96.3 Å². The van der Waals surface area contributed by atoms with E-state index in [9.17, 15) is 15.0 Å². The number of allylic oxidation sites excluding steroid dienone is 3. The Balaban J connectivity index is 2.29. The lowest BCUT2D eigenvalue weighted by Crippen LogP contribution is -2.29. The molecule has 4 atom stereocenters. The van der Waals surface area contributed by atoms with Crippen molar-refractivity contribution in [3.05, 3.63) is 24.3 Å². The Morgan fingerprint density at radius 2 is 1.76 bits per heavy atom. The highest BCUT2D eigenvalue weighted by Crippen LogP contribution is 2.36. The Hall–Kier alpha value is -1.17. The van der Waals surface area contributed by atoms with Gasteiger partial charge in [-0.25, -0.2) is 0 Å². The third kappa shape index (κ3) is 11.6. The molecule has 0 aliphatic heterocycles. The molecule has 0 spiro atoms. The monoisotopic (exact) mass is 409 g/mol. The molecule has 1 unspecified atom stereocenters. The van der Waals surface area contributed by atoms with Gasteiger partial charge in [0.15, 0.2) is 0 Å². The summed E-state index contributed by atoms with van der Waals surface area (Å²) in [6.45, 7) is 4.77. The van der Waals surface area contributed by atoms with Crippen LogP contribution in [0.1, 0.15) is 78.1 Å². The quantitative estimate of drug-likeness (QED) is 0.281. The zero-order chi connectivity index (χ0) is 21.5. The Bertz CT molecular complexity index is 489. The second kappa shape index (κ2) is 15.6. The van der Waals surface area contributed by atoms with Gasteiger partial charge >= 0.3 is 0 Å². The zero-order valence-corrected chi connectivity index (χ0v) is 18.7. The summed E-state index contributed by atoms with van der Waals surface area (Å²) in [5, 5.41) is 23.5. The second-order valence-electron chi connectivity index (χ2n) is 8.56. The summed E-state index contributed by atoms with van der Waals surface area (Å²) in [6.07, 6.45) is 16.7. The summed E-state index contributed by atoms with van der Waals surface area (Å²) >= 11 is 0. The van der Waals surface area contributed by atoms with Crippen molar-refractivity contribution in [1.29, 1.82) is 0 Å². The van der Waals surface area contributed by atoms with E-state index in [4.69, 9.17) is 4.74 Å². The Labute approximate surface area is 177 Å². The first kappa shape index (κ1) is 25.9. The van der Waals surface area contributed by atoms with E-state index < -0.39 is 12.2 Å². The van der Waals surface area contributed by atoms with Gasteiger partial charge in [-0.2, -0.15) is 0 Å². The summed E-state index contributed by atoms with van der Waals surface area (Å²) in [4.78, 5) is 11.6. The van der Waals surface area contributed by atoms with E-state index in [0.717, 1.165) is 45.1 Å². The molecule has 0 bridgehead atoms. The largest absolute Gasteiger partial charge is 0.393 e. The number of hydrogen-bond acceptors (Lipinski definition) is 4. The van der Waals surface area contributed by atoms with Crippen LogP contribution in [-0.4, -0.2) is 48.1 Å². The maximum Gasteiger partial charge on any atom is 0.220 e. The van der Waals surface area contributed by atoms with Crippen LogP contribution >= 0.6 is 0 Å². The molecule has 0 saturated heterocycles. The molecule has 0 radical (unpaired) electrons. The van der Waals surface area contributed by atoms with Crippen LogP contribution in [0.5, 0.6) is 0 Å². The molecular weight excluding hydrogens is 366 g/mol. The van der Waals surface area contributed by atoms with E-state index in [1.165, 1.54) is 12.8 Å². The van der Waals surface area contributed by atoms with Crippen LogP contribution < -0.4 is 5.32 Å². The molecule has 0 aromatic heterocycles. The van der Waals surface area contributed by atoms with Gasteiger partial charge in [-0.15, -0.1) is 0 Å². The summed E-state index contributed by atoms with van der Waals surface area (Å²) in [6, 6.07) is 0.189. The molecule has 3 N–H and O–H groups in total. The van der Waals surface area contributed by atoms with Gasteiger partial charge in [0.1, 0.15) is 0 Å². The van der Waals surface area contributed by atoms with E-state index in [-0.39, 0.29) is 23.8 Å². The maximum atomic E-state index is 11.6. The predicted molar refractivity (Wildman–Crippen MR) is 119 cm³/mol. The number of carbonyl (C=O) groups excluding carboxylic acids is 1. The lowest BCUT2D eigenvalue weighted by atomic mass is 9.89. The fraction of sp³-hybridized carbons (Fsp3) is 0.792. The van der Waals surface area contributed by atoms with E-state index in [2.05, 4.69) is 29.6 Å². The molecule has 0 aromatic carbocycles. The van der Waals surface area contributed by atoms with Gasteiger partial charge in [0.05, 0.1) is 12.2 Å².